The molecule has 0 unspecified atom stereocenters. The van der Waals surface area contributed by atoms with E-state index >= 15 is 0 Å². The molecule has 0 atom stereocenters. The molecule has 0 aliphatic rings. The molecule has 0 saturated heterocycles. The number of aryl methyl sites for hydroxylation is 1. The van der Waals surface area contributed by atoms with Crippen LogP contribution in [0.25, 0.3) is 0 Å². The van der Waals surface area contributed by atoms with Crippen molar-refractivity contribution in [1.29, 1.82) is 0 Å². The first-order valence-corrected chi connectivity index (χ1v) is 7.45. The lowest BCUT2D eigenvalue weighted by molar-refractivity contribution is 0.597. The highest BCUT2D eigenvalue weighted by atomic mass is 35.5. The summed E-state index contributed by atoms with van der Waals surface area (Å²) in [5.41, 5.74) is 1.42. The molecule has 0 bridgehead atoms. The molecule has 0 saturated carbocycles. The van der Waals surface area contributed by atoms with Crippen LogP contribution in [0.3, 0.4) is 0 Å². The molecule has 0 heterocycles. The number of benzene rings is 1. The smallest absolute Gasteiger partial charge is 0.234 e. The quantitative estimate of drug-likeness (QED) is 0.782. The maximum atomic E-state index is 11.7. The van der Waals surface area contributed by atoms with Gasteiger partial charge in [-0.3, -0.25) is 4.72 Å². The van der Waals surface area contributed by atoms with Crippen LogP contribution in [0, 0.1) is 6.92 Å². The van der Waals surface area contributed by atoms with Gasteiger partial charge in [-0.15, -0.1) is 0 Å². The van der Waals surface area contributed by atoms with Crippen LogP contribution in [0.4, 0.5) is 5.69 Å². The number of hydrogen-bond donors (Lipinski definition) is 2. The lowest BCUT2D eigenvalue weighted by Gasteiger charge is -2.10. The summed E-state index contributed by atoms with van der Waals surface area (Å²) in [6.07, 6.45) is 0. The number of halogens is 1. The van der Waals surface area contributed by atoms with E-state index in [9.17, 15) is 8.42 Å². The standard InChI is InChI=1S/C11H17ClN2O2S/c1-3-13-6-7-17(15,16)14-11-5-4-9(2)8-10(11)12/h4-5,8,13-14H,3,6-7H2,1-2H3. The Hall–Kier alpha value is -0.780. The minimum Gasteiger partial charge on any atom is -0.316 e. The van der Waals surface area contributed by atoms with Crippen LogP contribution in [0.15, 0.2) is 18.2 Å². The molecule has 0 aliphatic carbocycles. The highest BCUT2D eigenvalue weighted by Crippen LogP contribution is 2.23. The van der Waals surface area contributed by atoms with Crippen LogP contribution >= 0.6 is 11.6 Å². The topological polar surface area (TPSA) is 58.2 Å². The summed E-state index contributed by atoms with van der Waals surface area (Å²) in [7, 11) is -3.34. The van der Waals surface area contributed by atoms with Crippen molar-refractivity contribution in [2.24, 2.45) is 0 Å². The van der Waals surface area contributed by atoms with E-state index in [1.54, 1.807) is 12.1 Å². The maximum absolute atomic E-state index is 11.7. The summed E-state index contributed by atoms with van der Waals surface area (Å²) in [5, 5.41) is 3.38. The molecule has 0 amide bonds. The molecule has 1 aromatic carbocycles. The molecule has 6 heteroatoms. The molecule has 0 aliphatic heterocycles. The van der Waals surface area contributed by atoms with Crippen molar-refractivity contribution in [3.8, 4) is 0 Å². The summed E-state index contributed by atoms with van der Waals surface area (Å²) in [6, 6.07) is 5.21. The van der Waals surface area contributed by atoms with E-state index in [4.69, 9.17) is 11.6 Å². The first-order chi connectivity index (χ1) is 7.94. The van der Waals surface area contributed by atoms with Crippen molar-refractivity contribution in [2.45, 2.75) is 13.8 Å². The normalized spacial score (nSPS) is 11.5. The number of hydrogen-bond acceptors (Lipinski definition) is 3. The Morgan fingerprint density at radius 3 is 2.65 bits per heavy atom. The Labute approximate surface area is 107 Å². The van der Waals surface area contributed by atoms with E-state index in [-0.39, 0.29) is 5.75 Å². The second kappa shape index (κ2) is 6.23. The second-order valence-corrected chi connectivity index (χ2v) is 6.01. The van der Waals surface area contributed by atoms with Crippen LogP contribution in [0.2, 0.25) is 5.02 Å². The molecule has 1 rings (SSSR count). The lowest BCUT2D eigenvalue weighted by Crippen LogP contribution is -2.26. The second-order valence-electron chi connectivity index (χ2n) is 3.76. The van der Waals surface area contributed by atoms with Gasteiger partial charge in [-0.1, -0.05) is 24.6 Å². The maximum Gasteiger partial charge on any atom is 0.234 e. The minimum absolute atomic E-state index is 0.0328. The van der Waals surface area contributed by atoms with Crippen molar-refractivity contribution < 1.29 is 8.42 Å². The summed E-state index contributed by atoms with van der Waals surface area (Å²) in [5.74, 6) is 0.0328. The number of nitrogens with one attached hydrogen (secondary N) is 2. The third-order valence-corrected chi connectivity index (χ3v) is 3.77. The molecule has 0 aromatic heterocycles. The van der Waals surface area contributed by atoms with E-state index in [0.29, 0.717) is 17.3 Å². The predicted molar refractivity (Wildman–Crippen MR) is 72.1 cm³/mol. The number of anilines is 1. The molecule has 17 heavy (non-hydrogen) atoms. The molecule has 96 valence electrons. The fraction of sp³-hybridized carbons (Fsp3) is 0.455. The van der Waals surface area contributed by atoms with E-state index in [1.807, 2.05) is 19.9 Å². The summed E-state index contributed by atoms with van der Waals surface area (Å²) < 4.78 is 25.9. The van der Waals surface area contributed by atoms with Crippen LogP contribution in [-0.2, 0) is 10.0 Å². The van der Waals surface area contributed by atoms with Crippen molar-refractivity contribution in [3.63, 3.8) is 0 Å². The molecule has 0 radical (unpaired) electrons. The Bertz CT molecular complexity index is 474. The molecule has 2 N–H and O–H groups in total. The summed E-state index contributed by atoms with van der Waals surface area (Å²) in [4.78, 5) is 0. The average Bonchev–Trinajstić information content (AvgIpc) is 2.22. The molecular weight excluding hydrogens is 260 g/mol. The zero-order chi connectivity index (χ0) is 12.9. The van der Waals surface area contributed by atoms with Crippen molar-refractivity contribution in [1.82, 2.24) is 5.32 Å². The number of rotatable bonds is 6. The van der Waals surface area contributed by atoms with Crippen molar-refractivity contribution >= 4 is 27.3 Å². The average molecular weight is 277 g/mol. The predicted octanol–water partition coefficient (Wildman–Crippen LogP) is 2.00. The van der Waals surface area contributed by atoms with Gasteiger partial charge in [0.2, 0.25) is 10.0 Å². The van der Waals surface area contributed by atoms with Crippen LogP contribution in [-0.4, -0.2) is 27.3 Å². The van der Waals surface area contributed by atoms with Gasteiger partial charge in [0, 0.05) is 6.54 Å². The molecule has 4 nitrogen and oxygen atoms in total. The Morgan fingerprint density at radius 1 is 1.35 bits per heavy atom. The van der Waals surface area contributed by atoms with Gasteiger partial charge >= 0.3 is 0 Å². The zero-order valence-electron chi connectivity index (χ0n) is 9.96. The molecule has 1 aromatic rings. The van der Waals surface area contributed by atoms with Gasteiger partial charge in [0.05, 0.1) is 16.5 Å². The largest absolute Gasteiger partial charge is 0.316 e. The first kappa shape index (κ1) is 14.3. The molecule has 0 fully saturated rings. The van der Waals surface area contributed by atoms with Crippen LogP contribution < -0.4 is 10.0 Å². The van der Waals surface area contributed by atoms with Gasteiger partial charge in [-0.25, -0.2) is 8.42 Å². The minimum atomic E-state index is -3.34. The monoisotopic (exact) mass is 276 g/mol. The van der Waals surface area contributed by atoms with Gasteiger partial charge in [0.25, 0.3) is 0 Å². The third kappa shape index (κ3) is 4.93. The highest BCUT2D eigenvalue weighted by molar-refractivity contribution is 7.92. The van der Waals surface area contributed by atoms with Gasteiger partial charge in [-0.05, 0) is 31.2 Å². The van der Waals surface area contributed by atoms with Gasteiger partial charge in [0.1, 0.15) is 0 Å². The lowest BCUT2D eigenvalue weighted by atomic mass is 10.2. The van der Waals surface area contributed by atoms with Gasteiger partial charge in [0.15, 0.2) is 0 Å². The van der Waals surface area contributed by atoms with E-state index in [0.717, 1.165) is 12.1 Å². The van der Waals surface area contributed by atoms with Crippen molar-refractivity contribution in [2.75, 3.05) is 23.6 Å². The van der Waals surface area contributed by atoms with E-state index in [1.165, 1.54) is 0 Å². The van der Waals surface area contributed by atoms with Gasteiger partial charge < -0.3 is 5.32 Å². The Balaban J connectivity index is 2.69. The molecular formula is C11H17ClN2O2S. The Morgan fingerprint density at radius 2 is 2.06 bits per heavy atom. The molecule has 0 spiro atoms. The summed E-state index contributed by atoms with van der Waals surface area (Å²) >= 11 is 5.95. The van der Waals surface area contributed by atoms with Gasteiger partial charge in [-0.2, -0.15) is 0 Å². The zero-order valence-corrected chi connectivity index (χ0v) is 11.5. The Kier molecular flexibility index (Phi) is 5.24. The fourth-order valence-corrected chi connectivity index (χ4v) is 2.67. The van der Waals surface area contributed by atoms with E-state index < -0.39 is 10.0 Å². The summed E-state index contributed by atoms with van der Waals surface area (Å²) in [6.45, 7) is 5.00. The highest BCUT2D eigenvalue weighted by Gasteiger charge is 2.11. The van der Waals surface area contributed by atoms with Crippen LogP contribution in [0.1, 0.15) is 12.5 Å². The number of sulfonamides is 1. The van der Waals surface area contributed by atoms with Crippen molar-refractivity contribution in [3.05, 3.63) is 28.8 Å². The first-order valence-electron chi connectivity index (χ1n) is 5.42. The SMILES string of the molecule is CCNCCS(=O)(=O)Nc1ccc(C)cc1Cl. The van der Waals surface area contributed by atoms with E-state index in [2.05, 4.69) is 10.0 Å². The third-order valence-electron chi connectivity index (χ3n) is 2.19. The van der Waals surface area contributed by atoms with Crippen LogP contribution in [0.5, 0.6) is 0 Å². The fourth-order valence-electron chi connectivity index (χ4n) is 1.30.